The fourth-order valence-electron chi connectivity index (χ4n) is 4.27. The predicted molar refractivity (Wildman–Crippen MR) is 141 cm³/mol. The van der Waals surface area contributed by atoms with Gasteiger partial charge in [-0.3, -0.25) is 9.59 Å². The molecule has 2 saturated heterocycles. The van der Waals surface area contributed by atoms with E-state index in [-0.39, 0.29) is 29.8 Å². The second-order valence-corrected chi connectivity index (χ2v) is 10.2. The summed E-state index contributed by atoms with van der Waals surface area (Å²) in [5, 5.41) is 17.7. The lowest BCUT2D eigenvalue weighted by Gasteiger charge is -2.16. The molecule has 3 amide bonds. The Morgan fingerprint density at radius 3 is 2.59 bits per heavy atom. The van der Waals surface area contributed by atoms with E-state index in [1.807, 2.05) is 11.8 Å². The van der Waals surface area contributed by atoms with Crippen molar-refractivity contribution < 1.29 is 23.9 Å². The van der Waals surface area contributed by atoms with Crippen molar-refractivity contribution in [3.8, 4) is 17.9 Å². The molecule has 0 aromatic heterocycles. The van der Waals surface area contributed by atoms with Crippen molar-refractivity contribution in [2.24, 2.45) is 0 Å². The molecule has 0 spiro atoms. The number of fused-ring (bicyclic) bond motifs is 1. The molecule has 37 heavy (non-hydrogen) atoms. The molecule has 2 fully saturated rings. The van der Waals surface area contributed by atoms with E-state index in [9.17, 15) is 14.4 Å². The minimum Gasteiger partial charge on any atom is -0.379 e. The maximum absolute atomic E-state index is 12.2. The van der Waals surface area contributed by atoms with Crippen molar-refractivity contribution in [3.05, 3.63) is 35.4 Å². The van der Waals surface area contributed by atoms with Gasteiger partial charge in [0.05, 0.1) is 31.9 Å². The van der Waals surface area contributed by atoms with Gasteiger partial charge >= 0.3 is 6.03 Å². The molecule has 1 aromatic carbocycles. The molecule has 0 aliphatic carbocycles. The summed E-state index contributed by atoms with van der Waals surface area (Å²) in [7, 11) is 0. The van der Waals surface area contributed by atoms with Crippen LogP contribution < -0.4 is 16.0 Å². The molecule has 3 atom stereocenters. The first-order chi connectivity index (χ1) is 18.1. The van der Waals surface area contributed by atoms with Crippen molar-refractivity contribution in [2.75, 3.05) is 38.7 Å². The molecule has 1 aromatic rings. The van der Waals surface area contributed by atoms with Crippen LogP contribution >= 0.6 is 11.8 Å². The molecular formula is C27H34N4O5S. The Labute approximate surface area is 222 Å². The molecule has 2 aliphatic heterocycles. The standard InChI is InChI=1S/C27H34N4O5S/c28-13-3-5-20-9-11-21(12-10-20)23(32)6-4-15-35-17-18-36-16-14-29-25(33)8-2-1-7-24-26-22(19-37-24)30-27(34)31-26/h9-12,22,24,26H,1-2,4,6-8,14-19H2,(H,29,33)(H2,30,31,34)/t22-,24?,26-/m0/s1. The number of ether oxygens (including phenoxy) is 2. The van der Waals surface area contributed by atoms with E-state index in [1.165, 1.54) is 0 Å². The van der Waals surface area contributed by atoms with E-state index in [0.717, 1.165) is 25.0 Å². The number of hydrogen-bond acceptors (Lipinski definition) is 7. The number of amides is 3. The van der Waals surface area contributed by atoms with Gasteiger partial charge in [0.2, 0.25) is 5.91 Å². The number of carbonyl (C=O) groups excluding carboxylic acids is 3. The fraction of sp³-hybridized carbons (Fsp3) is 0.556. The summed E-state index contributed by atoms with van der Waals surface area (Å²) >= 11 is 1.89. The lowest BCUT2D eigenvalue weighted by Crippen LogP contribution is -2.36. The van der Waals surface area contributed by atoms with E-state index >= 15 is 0 Å². The maximum Gasteiger partial charge on any atom is 0.315 e. The number of unbranched alkanes of at least 4 members (excludes halogenated alkanes) is 1. The van der Waals surface area contributed by atoms with Gasteiger partial charge in [-0.05, 0) is 31.4 Å². The van der Waals surface area contributed by atoms with E-state index in [1.54, 1.807) is 30.3 Å². The Kier molecular flexibility index (Phi) is 12.3. The van der Waals surface area contributed by atoms with Crippen LogP contribution in [-0.4, -0.2) is 73.8 Å². The van der Waals surface area contributed by atoms with Gasteiger partial charge in [0, 0.05) is 54.0 Å². The zero-order valence-corrected chi connectivity index (χ0v) is 21.7. The first-order valence-electron chi connectivity index (χ1n) is 12.7. The number of nitriles is 1. The molecule has 1 unspecified atom stereocenters. The molecule has 0 bridgehead atoms. The predicted octanol–water partition coefficient (Wildman–Crippen LogP) is 2.40. The van der Waals surface area contributed by atoms with Crippen LogP contribution in [-0.2, 0) is 14.3 Å². The lowest BCUT2D eigenvalue weighted by atomic mass is 10.0. The Morgan fingerprint density at radius 2 is 1.81 bits per heavy atom. The summed E-state index contributed by atoms with van der Waals surface area (Å²) in [5.74, 6) is 6.04. The summed E-state index contributed by atoms with van der Waals surface area (Å²) in [6, 6.07) is 9.06. The maximum atomic E-state index is 12.2. The third-order valence-corrected chi connectivity index (χ3v) is 7.69. The summed E-state index contributed by atoms with van der Waals surface area (Å²) < 4.78 is 11.0. The van der Waals surface area contributed by atoms with E-state index < -0.39 is 0 Å². The molecule has 2 aliphatic rings. The van der Waals surface area contributed by atoms with Gasteiger partial charge in [0.1, 0.15) is 0 Å². The highest BCUT2D eigenvalue weighted by Gasteiger charge is 2.42. The van der Waals surface area contributed by atoms with Crippen LogP contribution in [0.2, 0.25) is 0 Å². The largest absolute Gasteiger partial charge is 0.379 e. The van der Waals surface area contributed by atoms with Gasteiger partial charge in [0.15, 0.2) is 11.9 Å². The lowest BCUT2D eigenvalue weighted by molar-refractivity contribution is -0.121. The highest BCUT2D eigenvalue weighted by Crippen LogP contribution is 2.33. The molecule has 0 saturated carbocycles. The van der Waals surface area contributed by atoms with Crippen LogP contribution in [0.25, 0.3) is 0 Å². The van der Waals surface area contributed by atoms with Crippen molar-refractivity contribution in [3.63, 3.8) is 0 Å². The number of Topliss-reactive ketones (excluding diaryl/α,β-unsaturated/α-hetero) is 1. The smallest absolute Gasteiger partial charge is 0.315 e. The number of ketones is 1. The number of nitrogens with one attached hydrogen (secondary N) is 3. The van der Waals surface area contributed by atoms with Gasteiger partial charge in [0.25, 0.3) is 0 Å². The third kappa shape index (κ3) is 10.1. The van der Waals surface area contributed by atoms with E-state index in [4.69, 9.17) is 14.7 Å². The van der Waals surface area contributed by atoms with E-state index in [2.05, 4.69) is 27.8 Å². The summed E-state index contributed by atoms with van der Waals surface area (Å²) in [4.78, 5) is 35.6. The third-order valence-electron chi connectivity index (χ3n) is 6.18. The summed E-state index contributed by atoms with van der Waals surface area (Å²) in [6.45, 7) is 2.24. The molecular weight excluding hydrogens is 492 g/mol. The minimum absolute atomic E-state index is 0.0297. The van der Waals surface area contributed by atoms with Crippen LogP contribution in [0.5, 0.6) is 0 Å². The Morgan fingerprint density at radius 1 is 1.03 bits per heavy atom. The Hall–Kier alpha value is -3.05. The molecule has 0 radical (unpaired) electrons. The van der Waals surface area contributed by atoms with Crippen molar-refractivity contribution >= 4 is 29.5 Å². The van der Waals surface area contributed by atoms with Crippen molar-refractivity contribution in [2.45, 2.75) is 55.9 Å². The van der Waals surface area contributed by atoms with Crippen LogP contribution in [0.15, 0.2) is 24.3 Å². The van der Waals surface area contributed by atoms with Crippen LogP contribution in [0.3, 0.4) is 0 Å². The topological polar surface area (TPSA) is 130 Å². The number of nitrogens with zero attached hydrogens (tertiary/aromatic N) is 1. The molecule has 3 N–H and O–H groups in total. The Bertz CT molecular complexity index is 1010. The normalized spacial score (nSPS) is 19.6. The molecule has 198 valence electrons. The Balaban J connectivity index is 1.10. The SMILES string of the molecule is N#CC#Cc1ccc(C(=O)CCCOCCOCCNC(=O)CCCCC2SC[C@@H]3NC(=O)N[C@H]23)cc1. The number of carbonyl (C=O) groups is 3. The number of benzene rings is 1. The highest BCUT2D eigenvalue weighted by molar-refractivity contribution is 8.00. The molecule has 9 nitrogen and oxygen atoms in total. The number of thioether (sulfide) groups is 1. The van der Waals surface area contributed by atoms with Crippen molar-refractivity contribution in [1.29, 1.82) is 5.26 Å². The fourth-order valence-corrected chi connectivity index (χ4v) is 5.81. The summed E-state index contributed by atoms with van der Waals surface area (Å²) in [6.07, 6.45) is 4.32. The van der Waals surface area contributed by atoms with Gasteiger partial charge in [-0.2, -0.15) is 17.0 Å². The number of urea groups is 1. The zero-order chi connectivity index (χ0) is 26.3. The van der Waals surface area contributed by atoms with Crippen LogP contribution in [0.4, 0.5) is 4.79 Å². The van der Waals surface area contributed by atoms with Gasteiger partial charge < -0.3 is 25.4 Å². The van der Waals surface area contributed by atoms with Crippen LogP contribution in [0.1, 0.15) is 54.4 Å². The quantitative estimate of drug-likeness (QED) is 0.131. The van der Waals surface area contributed by atoms with Gasteiger partial charge in [-0.15, -0.1) is 0 Å². The highest BCUT2D eigenvalue weighted by atomic mass is 32.2. The molecule has 3 rings (SSSR count). The molecule has 10 heteroatoms. The number of hydrogen-bond donors (Lipinski definition) is 3. The number of rotatable bonds is 16. The van der Waals surface area contributed by atoms with E-state index in [0.29, 0.717) is 68.6 Å². The average molecular weight is 527 g/mol. The second kappa shape index (κ2) is 15.9. The summed E-state index contributed by atoms with van der Waals surface area (Å²) in [5.41, 5.74) is 1.32. The first-order valence-corrected chi connectivity index (χ1v) is 13.8. The van der Waals surface area contributed by atoms with Crippen molar-refractivity contribution in [1.82, 2.24) is 16.0 Å². The van der Waals surface area contributed by atoms with Gasteiger partial charge in [-0.25, -0.2) is 4.79 Å². The zero-order valence-electron chi connectivity index (χ0n) is 20.9. The van der Waals surface area contributed by atoms with Crippen LogP contribution in [0, 0.1) is 23.2 Å². The average Bonchev–Trinajstić information content (AvgIpc) is 3.45. The monoisotopic (exact) mass is 526 g/mol. The minimum atomic E-state index is -0.0653. The molecule has 2 heterocycles. The second-order valence-electron chi connectivity index (χ2n) is 8.91. The first kappa shape index (κ1) is 28.5. The van der Waals surface area contributed by atoms with Gasteiger partial charge in [-0.1, -0.05) is 24.5 Å².